The van der Waals surface area contributed by atoms with Crippen molar-refractivity contribution in [3.63, 3.8) is 0 Å². The van der Waals surface area contributed by atoms with E-state index >= 15 is 0 Å². The average molecular weight is 358 g/mol. The highest BCUT2D eigenvalue weighted by Gasteiger charge is 2.16. The molecular formula is C18H26N6O2. The number of carbonyl (C=O) groups is 1. The SMILES string of the molecule is O=C(CCN1CCN(CCO)CC1)Nc1ccc(Cn2cncn2)cc1. The van der Waals surface area contributed by atoms with E-state index in [1.54, 1.807) is 11.0 Å². The molecule has 8 nitrogen and oxygen atoms in total. The summed E-state index contributed by atoms with van der Waals surface area (Å²) in [7, 11) is 0. The molecule has 2 heterocycles. The first-order valence-electron chi connectivity index (χ1n) is 9.00. The van der Waals surface area contributed by atoms with Gasteiger partial charge in [0, 0.05) is 51.4 Å². The fourth-order valence-corrected chi connectivity index (χ4v) is 3.06. The zero-order valence-electron chi connectivity index (χ0n) is 14.9. The van der Waals surface area contributed by atoms with Gasteiger partial charge in [-0.3, -0.25) is 9.69 Å². The Hall–Kier alpha value is -2.29. The van der Waals surface area contributed by atoms with Crippen LogP contribution in [0.4, 0.5) is 5.69 Å². The number of hydrogen-bond donors (Lipinski definition) is 2. The Labute approximate surface area is 153 Å². The smallest absolute Gasteiger partial charge is 0.225 e. The van der Waals surface area contributed by atoms with Gasteiger partial charge in [-0.15, -0.1) is 0 Å². The second-order valence-corrected chi connectivity index (χ2v) is 6.50. The van der Waals surface area contributed by atoms with Gasteiger partial charge >= 0.3 is 0 Å². The van der Waals surface area contributed by atoms with E-state index in [4.69, 9.17) is 5.11 Å². The third-order valence-electron chi connectivity index (χ3n) is 4.59. The molecule has 140 valence electrons. The Balaban J connectivity index is 1.38. The van der Waals surface area contributed by atoms with Crippen molar-refractivity contribution in [2.45, 2.75) is 13.0 Å². The maximum absolute atomic E-state index is 12.2. The highest BCUT2D eigenvalue weighted by atomic mass is 16.3. The van der Waals surface area contributed by atoms with E-state index in [2.05, 4.69) is 25.2 Å². The van der Waals surface area contributed by atoms with E-state index in [-0.39, 0.29) is 12.5 Å². The lowest BCUT2D eigenvalue weighted by molar-refractivity contribution is -0.116. The summed E-state index contributed by atoms with van der Waals surface area (Å²) >= 11 is 0. The molecule has 3 rings (SSSR count). The first-order valence-corrected chi connectivity index (χ1v) is 9.00. The Bertz CT molecular complexity index is 665. The van der Waals surface area contributed by atoms with Crippen LogP contribution in [-0.2, 0) is 11.3 Å². The molecule has 0 unspecified atom stereocenters. The summed E-state index contributed by atoms with van der Waals surface area (Å²) in [6.45, 7) is 6.18. The number of aliphatic hydroxyl groups is 1. The van der Waals surface area contributed by atoms with Crippen molar-refractivity contribution in [2.75, 3.05) is 51.2 Å². The van der Waals surface area contributed by atoms with Gasteiger partial charge in [-0.1, -0.05) is 12.1 Å². The van der Waals surface area contributed by atoms with Gasteiger partial charge in [-0.2, -0.15) is 5.10 Å². The van der Waals surface area contributed by atoms with Gasteiger partial charge in [0.15, 0.2) is 0 Å². The van der Waals surface area contributed by atoms with Crippen LogP contribution in [0.1, 0.15) is 12.0 Å². The molecule has 0 bridgehead atoms. The zero-order chi connectivity index (χ0) is 18.2. The number of carbonyl (C=O) groups excluding carboxylic acids is 1. The van der Waals surface area contributed by atoms with Gasteiger partial charge in [0.2, 0.25) is 5.91 Å². The van der Waals surface area contributed by atoms with Gasteiger partial charge in [0.25, 0.3) is 0 Å². The fraction of sp³-hybridized carbons (Fsp3) is 0.500. The molecule has 1 aliphatic heterocycles. The van der Waals surface area contributed by atoms with Crippen LogP contribution in [-0.4, -0.2) is 81.5 Å². The van der Waals surface area contributed by atoms with Crippen molar-refractivity contribution >= 4 is 11.6 Å². The molecule has 0 atom stereocenters. The Kier molecular flexibility index (Phi) is 6.70. The van der Waals surface area contributed by atoms with Crippen LogP contribution in [0, 0.1) is 0 Å². The number of aliphatic hydroxyl groups excluding tert-OH is 1. The Morgan fingerprint density at radius 2 is 1.77 bits per heavy atom. The monoisotopic (exact) mass is 358 g/mol. The van der Waals surface area contributed by atoms with E-state index in [1.807, 2.05) is 24.3 Å². The topological polar surface area (TPSA) is 86.5 Å². The minimum atomic E-state index is 0.0341. The standard InChI is InChI=1S/C18H26N6O2/c25-12-11-23-9-7-22(8-10-23)6-5-18(26)21-17-3-1-16(2-4-17)13-24-15-19-14-20-24/h1-4,14-15,25H,5-13H2,(H,21,26). The molecule has 26 heavy (non-hydrogen) atoms. The number of nitrogens with one attached hydrogen (secondary N) is 1. The van der Waals surface area contributed by atoms with Crippen LogP contribution >= 0.6 is 0 Å². The van der Waals surface area contributed by atoms with Crippen LogP contribution < -0.4 is 5.32 Å². The van der Waals surface area contributed by atoms with Crippen LogP contribution in [0.3, 0.4) is 0 Å². The van der Waals surface area contributed by atoms with Crippen molar-refractivity contribution in [2.24, 2.45) is 0 Å². The molecule has 2 N–H and O–H groups in total. The van der Waals surface area contributed by atoms with E-state index in [0.717, 1.165) is 50.5 Å². The van der Waals surface area contributed by atoms with Gasteiger partial charge in [-0.05, 0) is 17.7 Å². The van der Waals surface area contributed by atoms with Crippen molar-refractivity contribution < 1.29 is 9.90 Å². The van der Waals surface area contributed by atoms with Crippen LogP contribution in [0.25, 0.3) is 0 Å². The molecule has 0 saturated carbocycles. The molecule has 2 aromatic rings. The van der Waals surface area contributed by atoms with E-state index < -0.39 is 0 Å². The minimum absolute atomic E-state index is 0.0341. The maximum Gasteiger partial charge on any atom is 0.225 e. The number of amides is 1. The first-order chi connectivity index (χ1) is 12.7. The number of nitrogens with zero attached hydrogens (tertiary/aromatic N) is 5. The third kappa shape index (κ3) is 5.62. The van der Waals surface area contributed by atoms with Gasteiger partial charge in [0.1, 0.15) is 12.7 Å². The molecule has 1 amide bonds. The second kappa shape index (κ2) is 9.42. The summed E-state index contributed by atoms with van der Waals surface area (Å²) in [4.78, 5) is 20.6. The van der Waals surface area contributed by atoms with Crippen molar-refractivity contribution in [1.82, 2.24) is 24.6 Å². The molecule has 8 heteroatoms. The number of β-amino-alcohol motifs (C(OH)–C–C–N with tert-alkyl or cyclic N) is 1. The number of benzene rings is 1. The third-order valence-corrected chi connectivity index (χ3v) is 4.59. The molecule has 0 aliphatic carbocycles. The van der Waals surface area contributed by atoms with Crippen molar-refractivity contribution in [1.29, 1.82) is 0 Å². The normalized spacial score (nSPS) is 15.9. The predicted octanol–water partition coefficient (Wildman–Crippen LogP) is 0.265. The largest absolute Gasteiger partial charge is 0.395 e. The van der Waals surface area contributed by atoms with Crippen molar-refractivity contribution in [3.05, 3.63) is 42.5 Å². The maximum atomic E-state index is 12.2. The molecule has 0 spiro atoms. The van der Waals surface area contributed by atoms with Gasteiger partial charge < -0.3 is 15.3 Å². The van der Waals surface area contributed by atoms with E-state index in [1.165, 1.54) is 6.33 Å². The summed E-state index contributed by atoms with van der Waals surface area (Å²) in [6, 6.07) is 7.80. The first kappa shape index (κ1) is 18.5. The number of rotatable bonds is 8. The quantitative estimate of drug-likeness (QED) is 0.704. The molecule has 0 radical (unpaired) electrons. The summed E-state index contributed by atoms with van der Waals surface area (Å²) in [6.07, 6.45) is 3.68. The number of aromatic nitrogens is 3. The number of piperazine rings is 1. The zero-order valence-corrected chi connectivity index (χ0v) is 14.9. The minimum Gasteiger partial charge on any atom is -0.395 e. The summed E-state index contributed by atoms with van der Waals surface area (Å²) in [5.41, 5.74) is 1.92. The fourth-order valence-electron chi connectivity index (χ4n) is 3.06. The summed E-state index contributed by atoms with van der Waals surface area (Å²) < 4.78 is 1.76. The predicted molar refractivity (Wildman–Crippen MR) is 98.8 cm³/mol. The van der Waals surface area contributed by atoms with Crippen molar-refractivity contribution in [3.8, 4) is 0 Å². The van der Waals surface area contributed by atoms with Crippen LogP contribution in [0.15, 0.2) is 36.9 Å². The summed E-state index contributed by atoms with van der Waals surface area (Å²) in [5.74, 6) is 0.0341. The van der Waals surface area contributed by atoms with Crippen LogP contribution in [0.5, 0.6) is 0 Å². The molecule has 1 saturated heterocycles. The van der Waals surface area contributed by atoms with E-state index in [0.29, 0.717) is 13.0 Å². The van der Waals surface area contributed by atoms with Gasteiger partial charge in [-0.25, -0.2) is 9.67 Å². The Morgan fingerprint density at radius 3 is 2.38 bits per heavy atom. The molecular weight excluding hydrogens is 332 g/mol. The van der Waals surface area contributed by atoms with Crippen LogP contribution in [0.2, 0.25) is 0 Å². The van der Waals surface area contributed by atoms with E-state index in [9.17, 15) is 4.79 Å². The Morgan fingerprint density at radius 1 is 1.08 bits per heavy atom. The summed E-state index contributed by atoms with van der Waals surface area (Å²) in [5, 5.41) is 16.0. The van der Waals surface area contributed by atoms with Gasteiger partial charge in [0.05, 0.1) is 13.2 Å². The average Bonchev–Trinajstić information content (AvgIpc) is 3.16. The number of hydrogen-bond acceptors (Lipinski definition) is 6. The number of anilines is 1. The highest BCUT2D eigenvalue weighted by Crippen LogP contribution is 2.11. The lowest BCUT2D eigenvalue weighted by Gasteiger charge is -2.34. The lowest BCUT2D eigenvalue weighted by Crippen LogP contribution is -2.47. The highest BCUT2D eigenvalue weighted by molar-refractivity contribution is 5.90. The molecule has 1 aliphatic rings. The lowest BCUT2D eigenvalue weighted by atomic mass is 10.2. The molecule has 1 aromatic heterocycles. The molecule has 1 aromatic carbocycles. The molecule has 1 fully saturated rings. The second-order valence-electron chi connectivity index (χ2n) is 6.50.